The van der Waals surface area contributed by atoms with E-state index in [1.54, 1.807) is 12.1 Å². The predicted octanol–water partition coefficient (Wildman–Crippen LogP) is 2.95. The summed E-state index contributed by atoms with van der Waals surface area (Å²) in [7, 11) is -3.79. The van der Waals surface area contributed by atoms with Crippen LogP contribution in [0.3, 0.4) is 0 Å². The molecule has 0 fully saturated rings. The smallest absolute Gasteiger partial charge is 0.240 e. The molecular weight excluding hydrogens is 369 g/mol. The van der Waals surface area contributed by atoms with Crippen LogP contribution in [0.1, 0.15) is 5.56 Å². The van der Waals surface area contributed by atoms with Crippen LogP contribution in [0.4, 0.5) is 4.39 Å². The van der Waals surface area contributed by atoms with Gasteiger partial charge in [-0.1, -0.05) is 35.9 Å². The summed E-state index contributed by atoms with van der Waals surface area (Å²) in [6.07, 6.45) is 0. The zero-order valence-electron chi connectivity index (χ0n) is 14.6. The fourth-order valence-electron chi connectivity index (χ4n) is 2.32. The molecular formula is C19H18FN3O3S. The van der Waals surface area contributed by atoms with Gasteiger partial charge in [0.05, 0.1) is 10.6 Å². The van der Waals surface area contributed by atoms with Crippen LogP contribution in [0.25, 0.3) is 11.3 Å². The highest BCUT2D eigenvalue weighted by molar-refractivity contribution is 7.89. The van der Waals surface area contributed by atoms with Crippen LogP contribution in [0, 0.1) is 12.7 Å². The van der Waals surface area contributed by atoms with Gasteiger partial charge in [-0.25, -0.2) is 17.5 Å². The molecule has 3 rings (SSSR count). The largest absolute Gasteiger partial charge is 0.475 e. The summed E-state index contributed by atoms with van der Waals surface area (Å²) in [5.74, 6) is -0.325. The normalized spacial score (nSPS) is 11.3. The first-order chi connectivity index (χ1) is 12.9. The van der Waals surface area contributed by atoms with E-state index in [0.717, 1.165) is 17.2 Å². The van der Waals surface area contributed by atoms with Crippen LogP contribution < -0.4 is 9.46 Å². The first-order valence-electron chi connectivity index (χ1n) is 8.23. The Morgan fingerprint density at radius 3 is 2.48 bits per heavy atom. The molecule has 0 saturated heterocycles. The van der Waals surface area contributed by atoms with Gasteiger partial charge < -0.3 is 4.74 Å². The molecule has 8 heteroatoms. The summed E-state index contributed by atoms with van der Waals surface area (Å²) in [5.41, 5.74) is 2.82. The first-order valence-corrected chi connectivity index (χ1v) is 9.71. The molecule has 3 aromatic rings. The number of nitrogens with zero attached hydrogens (tertiary/aromatic N) is 2. The molecule has 0 atom stereocenters. The van der Waals surface area contributed by atoms with Crippen molar-refractivity contribution in [3.8, 4) is 17.1 Å². The van der Waals surface area contributed by atoms with Crippen LogP contribution in [0.2, 0.25) is 0 Å². The van der Waals surface area contributed by atoms with E-state index >= 15 is 0 Å². The summed E-state index contributed by atoms with van der Waals surface area (Å²) in [6.45, 7) is 2.09. The van der Waals surface area contributed by atoms with E-state index in [1.165, 1.54) is 18.2 Å². The van der Waals surface area contributed by atoms with E-state index < -0.39 is 15.8 Å². The Labute approximate surface area is 157 Å². The Morgan fingerprint density at radius 2 is 1.81 bits per heavy atom. The Kier molecular flexibility index (Phi) is 5.78. The lowest BCUT2D eigenvalue weighted by molar-refractivity contribution is 0.307. The molecule has 1 aromatic heterocycles. The molecule has 0 spiro atoms. The second kappa shape index (κ2) is 8.24. The number of nitrogens with one attached hydrogen (secondary N) is 1. The molecule has 0 aliphatic carbocycles. The molecule has 1 N–H and O–H groups in total. The highest BCUT2D eigenvalue weighted by atomic mass is 32.2. The van der Waals surface area contributed by atoms with Gasteiger partial charge in [0.1, 0.15) is 12.4 Å². The fraction of sp³-hybridized carbons (Fsp3) is 0.158. The average Bonchev–Trinajstić information content (AvgIpc) is 2.66. The standard InChI is InChI=1S/C19H18FN3O3S/c1-14-5-7-15(8-6-14)18-9-10-19(23-22-18)26-12-11-21-27(24,25)17-4-2-3-16(20)13-17/h2-10,13,21H,11-12H2,1H3. The Morgan fingerprint density at radius 1 is 1.04 bits per heavy atom. The highest BCUT2D eigenvalue weighted by Gasteiger charge is 2.14. The minimum absolute atomic E-state index is 0.0141. The van der Waals surface area contributed by atoms with Gasteiger partial charge in [-0.2, -0.15) is 0 Å². The van der Waals surface area contributed by atoms with E-state index in [9.17, 15) is 12.8 Å². The average molecular weight is 387 g/mol. The number of hydrogen-bond acceptors (Lipinski definition) is 5. The summed E-state index contributed by atoms with van der Waals surface area (Å²) < 4.78 is 45.0. The number of aromatic nitrogens is 2. The molecule has 6 nitrogen and oxygen atoms in total. The van der Waals surface area contributed by atoms with Crippen LogP contribution in [-0.2, 0) is 10.0 Å². The van der Waals surface area contributed by atoms with Crippen LogP contribution in [0.5, 0.6) is 5.88 Å². The molecule has 0 radical (unpaired) electrons. The third-order valence-electron chi connectivity index (χ3n) is 3.74. The Hall–Kier alpha value is -2.84. The maximum atomic E-state index is 13.1. The molecule has 0 aliphatic rings. The van der Waals surface area contributed by atoms with E-state index in [0.29, 0.717) is 5.69 Å². The SMILES string of the molecule is Cc1ccc(-c2ccc(OCCNS(=O)(=O)c3cccc(F)c3)nn2)cc1. The molecule has 140 valence electrons. The predicted molar refractivity (Wildman–Crippen MR) is 99.3 cm³/mol. The van der Waals surface area contributed by atoms with Gasteiger partial charge in [-0.3, -0.25) is 0 Å². The van der Waals surface area contributed by atoms with Crippen LogP contribution in [-0.4, -0.2) is 31.8 Å². The third-order valence-corrected chi connectivity index (χ3v) is 5.20. The number of benzene rings is 2. The molecule has 0 aliphatic heterocycles. The van der Waals surface area contributed by atoms with Crippen molar-refractivity contribution in [3.63, 3.8) is 0 Å². The molecule has 0 amide bonds. The minimum Gasteiger partial charge on any atom is -0.475 e. The Balaban J connectivity index is 1.52. The van der Waals surface area contributed by atoms with Gasteiger partial charge in [0.15, 0.2) is 0 Å². The number of sulfonamides is 1. The molecule has 0 unspecified atom stereocenters. The summed E-state index contributed by atoms with van der Waals surface area (Å²) >= 11 is 0. The lowest BCUT2D eigenvalue weighted by Crippen LogP contribution is -2.28. The summed E-state index contributed by atoms with van der Waals surface area (Å²) in [5, 5.41) is 8.09. The van der Waals surface area contributed by atoms with Crippen molar-refractivity contribution in [3.05, 3.63) is 72.0 Å². The molecule has 0 bridgehead atoms. The Bertz CT molecular complexity index is 1010. The van der Waals surface area contributed by atoms with Gasteiger partial charge in [0.25, 0.3) is 0 Å². The van der Waals surface area contributed by atoms with Crippen LogP contribution in [0.15, 0.2) is 65.6 Å². The quantitative estimate of drug-likeness (QED) is 0.631. The van der Waals surface area contributed by atoms with Crippen molar-refractivity contribution in [1.29, 1.82) is 0 Å². The highest BCUT2D eigenvalue weighted by Crippen LogP contribution is 2.18. The maximum absolute atomic E-state index is 13.1. The number of hydrogen-bond donors (Lipinski definition) is 1. The number of ether oxygens (including phenoxy) is 1. The number of aryl methyl sites for hydroxylation is 1. The van der Waals surface area contributed by atoms with Gasteiger partial charge in [0.2, 0.25) is 15.9 Å². The lowest BCUT2D eigenvalue weighted by atomic mass is 10.1. The van der Waals surface area contributed by atoms with Crippen molar-refractivity contribution in [2.75, 3.05) is 13.2 Å². The molecule has 0 saturated carbocycles. The van der Waals surface area contributed by atoms with E-state index in [1.807, 2.05) is 31.2 Å². The van der Waals surface area contributed by atoms with Crippen molar-refractivity contribution in [2.24, 2.45) is 0 Å². The van der Waals surface area contributed by atoms with Crippen LogP contribution >= 0.6 is 0 Å². The van der Waals surface area contributed by atoms with Crippen molar-refractivity contribution < 1.29 is 17.5 Å². The fourth-order valence-corrected chi connectivity index (χ4v) is 3.37. The summed E-state index contributed by atoms with van der Waals surface area (Å²) in [6, 6.07) is 16.2. The molecule has 27 heavy (non-hydrogen) atoms. The van der Waals surface area contributed by atoms with E-state index in [-0.39, 0.29) is 23.9 Å². The second-order valence-corrected chi connectivity index (χ2v) is 7.59. The van der Waals surface area contributed by atoms with Gasteiger partial charge >= 0.3 is 0 Å². The van der Waals surface area contributed by atoms with E-state index in [4.69, 9.17) is 4.74 Å². The van der Waals surface area contributed by atoms with Crippen molar-refractivity contribution in [1.82, 2.24) is 14.9 Å². The van der Waals surface area contributed by atoms with Crippen molar-refractivity contribution in [2.45, 2.75) is 11.8 Å². The lowest BCUT2D eigenvalue weighted by Gasteiger charge is -2.08. The van der Waals surface area contributed by atoms with Crippen molar-refractivity contribution >= 4 is 10.0 Å². The summed E-state index contributed by atoms with van der Waals surface area (Å²) in [4.78, 5) is -0.134. The zero-order valence-corrected chi connectivity index (χ0v) is 15.4. The van der Waals surface area contributed by atoms with Gasteiger partial charge in [-0.15, -0.1) is 10.2 Å². The zero-order chi connectivity index (χ0) is 19.3. The van der Waals surface area contributed by atoms with Gasteiger partial charge in [0, 0.05) is 18.2 Å². The van der Waals surface area contributed by atoms with E-state index in [2.05, 4.69) is 14.9 Å². The monoisotopic (exact) mass is 387 g/mol. The van der Waals surface area contributed by atoms with Gasteiger partial charge in [-0.05, 0) is 31.2 Å². The first kappa shape index (κ1) is 18.9. The number of rotatable bonds is 7. The second-order valence-electron chi connectivity index (χ2n) is 5.83. The molecule has 2 aromatic carbocycles. The maximum Gasteiger partial charge on any atom is 0.240 e. The third kappa shape index (κ3) is 5.08. The number of halogens is 1. The minimum atomic E-state index is -3.79. The molecule has 1 heterocycles. The topological polar surface area (TPSA) is 81.2 Å².